The van der Waals surface area contributed by atoms with Crippen LogP contribution in [0.1, 0.15) is 46.0 Å². The topological polar surface area (TPSA) is 47.6 Å². The highest BCUT2D eigenvalue weighted by Crippen LogP contribution is 2.26. The van der Waals surface area contributed by atoms with Crippen LogP contribution in [0.4, 0.5) is 0 Å². The molecule has 2 aromatic rings. The van der Waals surface area contributed by atoms with Gasteiger partial charge in [0.15, 0.2) is 6.79 Å². The minimum atomic E-state index is -0.0339. The van der Waals surface area contributed by atoms with Gasteiger partial charge in [0.25, 0.3) is 5.91 Å². The van der Waals surface area contributed by atoms with Crippen molar-refractivity contribution in [1.29, 1.82) is 0 Å². The van der Waals surface area contributed by atoms with Gasteiger partial charge in [0.2, 0.25) is 0 Å². The molecule has 0 spiro atoms. The van der Waals surface area contributed by atoms with E-state index in [4.69, 9.17) is 9.47 Å². The van der Waals surface area contributed by atoms with E-state index in [0.717, 1.165) is 34.4 Å². The van der Waals surface area contributed by atoms with Crippen molar-refractivity contribution in [2.45, 2.75) is 27.2 Å². The molecule has 0 unspecified atom stereocenters. The minimum Gasteiger partial charge on any atom is -0.467 e. The standard InChI is InChI=1S/C22H27NO3/c1-5-11-23-22(24)20-8-6-7-18(14-20)9-10-19-12-16(2)21(17(3)13-19)26-15-25-4/h6-10,12-14H,5,11,15H2,1-4H3,(H,23,24)/b10-9+. The van der Waals surface area contributed by atoms with Gasteiger partial charge in [0, 0.05) is 19.2 Å². The predicted molar refractivity (Wildman–Crippen MR) is 106 cm³/mol. The van der Waals surface area contributed by atoms with Crippen LogP contribution >= 0.6 is 0 Å². The third-order valence-electron chi connectivity index (χ3n) is 3.96. The van der Waals surface area contributed by atoms with Crippen LogP contribution in [0.5, 0.6) is 5.75 Å². The van der Waals surface area contributed by atoms with Crippen molar-refractivity contribution < 1.29 is 14.3 Å². The van der Waals surface area contributed by atoms with E-state index in [0.29, 0.717) is 12.1 Å². The second kappa shape index (κ2) is 9.78. The number of methoxy groups -OCH3 is 1. The zero-order chi connectivity index (χ0) is 18.9. The van der Waals surface area contributed by atoms with Crippen molar-refractivity contribution in [3.05, 3.63) is 64.2 Å². The number of ether oxygens (including phenoxy) is 2. The molecule has 0 fully saturated rings. The molecule has 0 saturated heterocycles. The van der Waals surface area contributed by atoms with Crippen molar-refractivity contribution in [3.8, 4) is 5.75 Å². The van der Waals surface area contributed by atoms with Crippen molar-refractivity contribution in [2.75, 3.05) is 20.4 Å². The van der Waals surface area contributed by atoms with Gasteiger partial charge in [0.1, 0.15) is 5.75 Å². The summed E-state index contributed by atoms with van der Waals surface area (Å²) in [5, 5.41) is 2.90. The van der Waals surface area contributed by atoms with Gasteiger partial charge >= 0.3 is 0 Å². The molecule has 0 aromatic heterocycles. The highest BCUT2D eigenvalue weighted by atomic mass is 16.7. The van der Waals surface area contributed by atoms with Crippen LogP contribution in [-0.2, 0) is 4.74 Å². The molecule has 26 heavy (non-hydrogen) atoms. The quantitative estimate of drug-likeness (QED) is 0.557. The number of nitrogens with one attached hydrogen (secondary N) is 1. The Morgan fingerprint density at radius 2 is 1.77 bits per heavy atom. The lowest BCUT2D eigenvalue weighted by molar-refractivity contribution is 0.0501. The first-order valence-corrected chi connectivity index (χ1v) is 8.84. The average Bonchev–Trinajstić information content (AvgIpc) is 2.64. The fourth-order valence-corrected chi connectivity index (χ4v) is 2.74. The first kappa shape index (κ1) is 19.7. The second-order valence-electron chi connectivity index (χ2n) is 6.25. The molecule has 2 aromatic carbocycles. The Morgan fingerprint density at radius 1 is 1.08 bits per heavy atom. The van der Waals surface area contributed by atoms with E-state index in [-0.39, 0.29) is 12.7 Å². The van der Waals surface area contributed by atoms with Crippen molar-refractivity contribution in [3.63, 3.8) is 0 Å². The van der Waals surface area contributed by atoms with Crippen molar-refractivity contribution in [1.82, 2.24) is 5.32 Å². The number of benzene rings is 2. The largest absolute Gasteiger partial charge is 0.467 e. The smallest absolute Gasteiger partial charge is 0.251 e. The SMILES string of the molecule is CCCNC(=O)c1cccc(/C=C/c2cc(C)c(OCOC)c(C)c2)c1. The summed E-state index contributed by atoms with van der Waals surface area (Å²) in [5.74, 6) is 0.826. The first-order chi connectivity index (χ1) is 12.5. The Hall–Kier alpha value is -2.59. The molecule has 0 atom stereocenters. The Morgan fingerprint density at radius 3 is 2.42 bits per heavy atom. The molecule has 0 saturated carbocycles. The van der Waals surface area contributed by atoms with E-state index < -0.39 is 0 Å². The van der Waals surface area contributed by atoms with Crippen LogP contribution in [0.2, 0.25) is 0 Å². The zero-order valence-corrected chi connectivity index (χ0v) is 16.0. The summed E-state index contributed by atoms with van der Waals surface area (Å²) in [6.45, 7) is 7.01. The summed E-state index contributed by atoms with van der Waals surface area (Å²) in [4.78, 5) is 12.1. The maximum Gasteiger partial charge on any atom is 0.251 e. The maximum atomic E-state index is 12.1. The monoisotopic (exact) mass is 353 g/mol. The molecule has 1 N–H and O–H groups in total. The van der Waals surface area contributed by atoms with Crippen molar-refractivity contribution in [2.24, 2.45) is 0 Å². The molecule has 0 heterocycles. The Balaban J connectivity index is 2.16. The average molecular weight is 353 g/mol. The van der Waals surface area contributed by atoms with Gasteiger partial charge in [-0.3, -0.25) is 4.79 Å². The number of carbonyl (C=O) groups is 1. The van der Waals surface area contributed by atoms with E-state index in [1.807, 2.05) is 57.2 Å². The molecule has 4 heteroatoms. The van der Waals surface area contributed by atoms with Crippen LogP contribution in [0.25, 0.3) is 12.2 Å². The van der Waals surface area contributed by atoms with Gasteiger partial charge in [-0.15, -0.1) is 0 Å². The van der Waals surface area contributed by atoms with Crippen LogP contribution in [0.15, 0.2) is 36.4 Å². The molecule has 0 aliphatic heterocycles. The zero-order valence-electron chi connectivity index (χ0n) is 16.0. The highest BCUT2D eigenvalue weighted by molar-refractivity contribution is 5.95. The van der Waals surface area contributed by atoms with Crippen LogP contribution in [0, 0.1) is 13.8 Å². The number of rotatable bonds is 8. The first-order valence-electron chi connectivity index (χ1n) is 8.84. The third kappa shape index (κ3) is 5.46. The molecule has 1 amide bonds. The fraction of sp³-hybridized carbons (Fsp3) is 0.318. The van der Waals surface area contributed by atoms with Gasteiger partial charge in [-0.2, -0.15) is 0 Å². The van der Waals surface area contributed by atoms with Crippen LogP contribution in [-0.4, -0.2) is 26.4 Å². The number of aryl methyl sites for hydroxylation is 2. The van der Waals surface area contributed by atoms with E-state index in [2.05, 4.69) is 17.4 Å². The Bertz CT molecular complexity index is 758. The molecular weight excluding hydrogens is 326 g/mol. The molecule has 0 bridgehead atoms. The van der Waals surface area contributed by atoms with Gasteiger partial charge in [-0.25, -0.2) is 0 Å². The molecule has 0 aliphatic carbocycles. The predicted octanol–water partition coefficient (Wildman–Crippen LogP) is 4.60. The normalized spacial score (nSPS) is 10.9. The summed E-state index contributed by atoms with van der Waals surface area (Å²) < 4.78 is 10.6. The second-order valence-corrected chi connectivity index (χ2v) is 6.25. The van der Waals surface area contributed by atoms with Crippen molar-refractivity contribution >= 4 is 18.1 Å². The lowest BCUT2D eigenvalue weighted by Crippen LogP contribution is -2.23. The lowest BCUT2D eigenvalue weighted by atomic mass is 10.0. The number of amides is 1. The Labute approximate surface area is 155 Å². The molecule has 0 radical (unpaired) electrons. The van der Waals surface area contributed by atoms with E-state index >= 15 is 0 Å². The summed E-state index contributed by atoms with van der Waals surface area (Å²) in [6, 6.07) is 11.8. The van der Waals surface area contributed by atoms with Crippen LogP contribution in [0.3, 0.4) is 0 Å². The number of hydrogen-bond donors (Lipinski definition) is 1. The van der Waals surface area contributed by atoms with E-state index in [1.165, 1.54) is 0 Å². The summed E-state index contributed by atoms with van der Waals surface area (Å²) in [7, 11) is 1.61. The van der Waals surface area contributed by atoms with E-state index in [1.54, 1.807) is 7.11 Å². The molecule has 2 rings (SSSR count). The highest BCUT2D eigenvalue weighted by Gasteiger charge is 2.06. The molecule has 0 aliphatic rings. The molecule has 138 valence electrons. The minimum absolute atomic E-state index is 0.0339. The Kier molecular flexibility index (Phi) is 7.42. The van der Waals surface area contributed by atoms with E-state index in [9.17, 15) is 4.79 Å². The van der Waals surface area contributed by atoms with Gasteiger partial charge in [-0.05, 0) is 66.8 Å². The third-order valence-corrected chi connectivity index (χ3v) is 3.96. The summed E-state index contributed by atoms with van der Waals surface area (Å²) >= 11 is 0. The molecule has 4 nitrogen and oxygen atoms in total. The number of carbonyl (C=O) groups excluding carboxylic acids is 1. The van der Waals surface area contributed by atoms with Gasteiger partial charge in [-0.1, -0.05) is 31.2 Å². The maximum absolute atomic E-state index is 12.1. The van der Waals surface area contributed by atoms with Gasteiger partial charge in [0.05, 0.1) is 0 Å². The van der Waals surface area contributed by atoms with Gasteiger partial charge < -0.3 is 14.8 Å². The summed E-state index contributed by atoms with van der Waals surface area (Å²) in [5.41, 5.74) is 4.88. The fourth-order valence-electron chi connectivity index (χ4n) is 2.74. The van der Waals surface area contributed by atoms with Crippen LogP contribution < -0.4 is 10.1 Å². The molecular formula is C22H27NO3. The number of hydrogen-bond acceptors (Lipinski definition) is 3. The summed E-state index contributed by atoms with van der Waals surface area (Å²) in [6.07, 6.45) is 4.98. The lowest BCUT2D eigenvalue weighted by Gasteiger charge is -2.12.